The van der Waals surface area contributed by atoms with E-state index in [-0.39, 0.29) is 15.4 Å². The third-order valence-corrected chi connectivity index (χ3v) is 2.89. The molecule has 1 amide bonds. The van der Waals surface area contributed by atoms with E-state index in [9.17, 15) is 4.79 Å². The van der Waals surface area contributed by atoms with Gasteiger partial charge < -0.3 is 0 Å². The van der Waals surface area contributed by atoms with Gasteiger partial charge >= 0.3 is 0 Å². The number of halogens is 1. The van der Waals surface area contributed by atoms with Crippen LogP contribution in [0.5, 0.6) is 0 Å². The van der Waals surface area contributed by atoms with E-state index < -0.39 is 0 Å². The molecule has 16 heavy (non-hydrogen) atoms. The Kier molecular flexibility index (Phi) is 3.12. The lowest BCUT2D eigenvalue weighted by molar-refractivity contribution is 0.0991. The first-order valence-electron chi connectivity index (χ1n) is 4.36. The highest BCUT2D eigenvalue weighted by molar-refractivity contribution is 7.17. The molecule has 0 aromatic carbocycles. The second kappa shape index (κ2) is 4.54. The van der Waals surface area contributed by atoms with Crippen LogP contribution in [0.4, 0.5) is 5.82 Å². The molecule has 5 nitrogen and oxygen atoms in total. The number of hydrogen-bond donors (Lipinski definition) is 0. The number of rotatable bonds is 2. The van der Waals surface area contributed by atoms with Gasteiger partial charge in [0.1, 0.15) is 5.82 Å². The van der Waals surface area contributed by atoms with Gasteiger partial charge in [0.2, 0.25) is 9.47 Å². The van der Waals surface area contributed by atoms with Crippen molar-refractivity contribution in [2.24, 2.45) is 0 Å². The van der Waals surface area contributed by atoms with Crippen molar-refractivity contribution in [2.75, 3.05) is 11.9 Å². The maximum atomic E-state index is 11.9. The Morgan fingerprint density at radius 2 is 2.25 bits per heavy atom. The van der Waals surface area contributed by atoms with E-state index in [2.05, 4.69) is 15.2 Å². The number of hydrogen-bond acceptors (Lipinski definition) is 5. The number of carbonyl (C=O) groups is 1. The van der Waals surface area contributed by atoms with Crippen molar-refractivity contribution in [1.29, 1.82) is 0 Å². The zero-order valence-electron chi connectivity index (χ0n) is 8.29. The molecule has 0 aliphatic heterocycles. The van der Waals surface area contributed by atoms with Gasteiger partial charge in [0.05, 0.1) is 0 Å². The highest BCUT2D eigenvalue weighted by Gasteiger charge is 2.18. The molecule has 2 rings (SSSR count). The summed E-state index contributed by atoms with van der Waals surface area (Å²) in [6, 6.07) is 5.32. The zero-order chi connectivity index (χ0) is 11.5. The van der Waals surface area contributed by atoms with Crippen LogP contribution in [0.25, 0.3) is 0 Å². The lowest BCUT2D eigenvalue weighted by atomic mass is 10.4. The molecule has 0 radical (unpaired) electrons. The van der Waals surface area contributed by atoms with E-state index >= 15 is 0 Å². The Morgan fingerprint density at radius 1 is 1.44 bits per heavy atom. The SMILES string of the molecule is CN(C(=O)c1nnc(Cl)s1)c1ccccn1. The molecule has 0 saturated heterocycles. The normalized spacial score (nSPS) is 10.1. The second-order valence-electron chi connectivity index (χ2n) is 2.91. The molecule has 2 aromatic rings. The molecular formula is C9H7ClN4OS. The minimum atomic E-state index is -0.275. The first-order chi connectivity index (χ1) is 7.68. The maximum absolute atomic E-state index is 11.9. The molecule has 2 aromatic heterocycles. The predicted octanol–water partition coefficient (Wildman–Crippen LogP) is 1.86. The highest BCUT2D eigenvalue weighted by Crippen LogP contribution is 2.18. The molecule has 0 unspecified atom stereocenters. The van der Waals surface area contributed by atoms with Crippen LogP contribution >= 0.6 is 22.9 Å². The smallest absolute Gasteiger partial charge is 0.290 e. The van der Waals surface area contributed by atoms with Gasteiger partial charge in [-0.2, -0.15) is 0 Å². The largest absolute Gasteiger partial charge is 0.294 e. The van der Waals surface area contributed by atoms with Crippen molar-refractivity contribution in [3.05, 3.63) is 33.9 Å². The summed E-state index contributed by atoms with van der Waals surface area (Å²) in [5, 5.41) is 7.51. The summed E-state index contributed by atoms with van der Waals surface area (Å²) in [6.45, 7) is 0. The van der Waals surface area contributed by atoms with Gasteiger partial charge in [-0.1, -0.05) is 17.4 Å². The summed E-state index contributed by atoms with van der Waals surface area (Å²) in [4.78, 5) is 17.4. The molecule has 0 bridgehead atoms. The predicted molar refractivity (Wildman–Crippen MR) is 61.9 cm³/mol. The van der Waals surface area contributed by atoms with E-state index in [4.69, 9.17) is 11.6 Å². The van der Waals surface area contributed by atoms with Gasteiger partial charge in [0.25, 0.3) is 5.91 Å². The molecule has 0 atom stereocenters. The van der Waals surface area contributed by atoms with Crippen LogP contribution in [0, 0.1) is 0 Å². The summed E-state index contributed by atoms with van der Waals surface area (Å²) in [5.74, 6) is 0.280. The number of nitrogens with zero attached hydrogens (tertiary/aromatic N) is 4. The fraction of sp³-hybridized carbons (Fsp3) is 0.111. The van der Waals surface area contributed by atoms with Crippen LogP contribution < -0.4 is 4.90 Å². The fourth-order valence-corrected chi connectivity index (χ4v) is 1.90. The first kappa shape index (κ1) is 11.0. The van der Waals surface area contributed by atoms with Crippen molar-refractivity contribution in [3.63, 3.8) is 0 Å². The molecule has 0 saturated carbocycles. The monoisotopic (exact) mass is 254 g/mol. The van der Waals surface area contributed by atoms with Gasteiger partial charge in [0.15, 0.2) is 0 Å². The van der Waals surface area contributed by atoms with E-state index in [1.165, 1.54) is 4.90 Å². The van der Waals surface area contributed by atoms with Gasteiger partial charge in [-0.15, -0.1) is 10.2 Å². The van der Waals surface area contributed by atoms with Crippen LogP contribution in [-0.2, 0) is 0 Å². The third kappa shape index (κ3) is 2.17. The number of carbonyl (C=O) groups excluding carboxylic acids is 1. The molecule has 2 heterocycles. The van der Waals surface area contributed by atoms with E-state index in [0.717, 1.165) is 11.3 Å². The van der Waals surface area contributed by atoms with E-state index in [1.807, 2.05) is 0 Å². The van der Waals surface area contributed by atoms with Crippen LogP contribution in [0.15, 0.2) is 24.4 Å². The Balaban J connectivity index is 2.23. The third-order valence-electron chi connectivity index (χ3n) is 1.88. The van der Waals surface area contributed by atoms with E-state index in [0.29, 0.717) is 5.82 Å². The molecule has 0 aliphatic carbocycles. The summed E-state index contributed by atoms with van der Waals surface area (Å²) < 4.78 is 0.248. The Hall–Kier alpha value is -1.53. The van der Waals surface area contributed by atoms with Gasteiger partial charge in [-0.3, -0.25) is 9.69 Å². The molecule has 7 heteroatoms. The number of pyridine rings is 1. The van der Waals surface area contributed by atoms with Crippen LogP contribution in [0.2, 0.25) is 4.47 Å². The summed E-state index contributed by atoms with van der Waals surface area (Å²) >= 11 is 6.66. The average molecular weight is 255 g/mol. The van der Waals surface area contributed by atoms with Crippen molar-refractivity contribution in [1.82, 2.24) is 15.2 Å². The Bertz CT molecular complexity index is 501. The topological polar surface area (TPSA) is 59.0 Å². The fourth-order valence-electron chi connectivity index (χ4n) is 1.09. The second-order valence-corrected chi connectivity index (χ2v) is 4.47. The molecule has 0 N–H and O–H groups in total. The van der Waals surface area contributed by atoms with Gasteiger partial charge in [0, 0.05) is 13.2 Å². The minimum Gasteiger partial charge on any atom is -0.294 e. The van der Waals surface area contributed by atoms with Crippen molar-refractivity contribution >= 4 is 34.7 Å². The Labute approximate surface area is 101 Å². The minimum absolute atomic E-state index is 0.248. The van der Waals surface area contributed by atoms with Crippen molar-refractivity contribution < 1.29 is 4.79 Å². The summed E-state index contributed by atoms with van der Waals surface area (Å²) in [7, 11) is 1.62. The number of aromatic nitrogens is 3. The zero-order valence-corrected chi connectivity index (χ0v) is 9.87. The van der Waals surface area contributed by atoms with Crippen molar-refractivity contribution in [2.45, 2.75) is 0 Å². The standard InChI is InChI=1S/C9H7ClN4OS/c1-14(6-4-2-3-5-11-6)8(15)7-12-13-9(10)16-7/h2-5H,1H3. The maximum Gasteiger partial charge on any atom is 0.290 e. The molecule has 0 aliphatic rings. The summed E-state index contributed by atoms with van der Waals surface area (Å²) in [6.07, 6.45) is 1.62. The molecule has 0 spiro atoms. The number of anilines is 1. The van der Waals surface area contributed by atoms with Crippen LogP contribution in [-0.4, -0.2) is 28.1 Å². The lowest BCUT2D eigenvalue weighted by Crippen LogP contribution is -2.26. The Morgan fingerprint density at radius 3 is 2.81 bits per heavy atom. The van der Waals surface area contributed by atoms with Crippen molar-refractivity contribution in [3.8, 4) is 0 Å². The summed E-state index contributed by atoms with van der Waals surface area (Å²) in [5.41, 5.74) is 0. The van der Waals surface area contributed by atoms with E-state index in [1.54, 1.807) is 31.4 Å². The molecule has 0 fully saturated rings. The van der Waals surface area contributed by atoms with Crippen LogP contribution in [0.1, 0.15) is 9.80 Å². The first-order valence-corrected chi connectivity index (χ1v) is 5.56. The average Bonchev–Trinajstić information content (AvgIpc) is 2.75. The highest BCUT2D eigenvalue weighted by atomic mass is 35.5. The molecular weight excluding hydrogens is 248 g/mol. The quantitative estimate of drug-likeness (QED) is 0.821. The van der Waals surface area contributed by atoms with Gasteiger partial charge in [-0.25, -0.2) is 4.98 Å². The van der Waals surface area contributed by atoms with Crippen LogP contribution in [0.3, 0.4) is 0 Å². The van der Waals surface area contributed by atoms with Gasteiger partial charge in [-0.05, 0) is 23.7 Å². The number of amides is 1. The molecule has 82 valence electrons. The lowest BCUT2D eigenvalue weighted by Gasteiger charge is -2.13.